The van der Waals surface area contributed by atoms with Crippen molar-refractivity contribution in [1.82, 2.24) is 9.48 Å². The van der Waals surface area contributed by atoms with Gasteiger partial charge in [0.05, 0.1) is 11.6 Å². The van der Waals surface area contributed by atoms with E-state index in [1.54, 1.807) is 12.2 Å². The standard InChI is InChI=1S/C31H38N2O3/c1-8-24-28(19-22(7)32(9-2)10-3)36-29-20-23(33(11-4)12-5)16-17-26(29)30(24)25-15-13-14-21(6)18-27(25)31(34)35/h8,14-20H,1,9-13H2,2-7H3/p+1. The zero-order valence-corrected chi connectivity index (χ0v) is 22.5. The molecule has 0 unspecified atom stereocenters. The molecule has 5 heteroatoms. The highest BCUT2D eigenvalue weighted by Gasteiger charge is 2.26. The maximum atomic E-state index is 12.4. The fourth-order valence-electron chi connectivity index (χ4n) is 4.88. The van der Waals surface area contributed by atoms with Crippen LogP contribution in [0.3, 0.4) is 0 Å². The monoisotopic (exact) mass is 487 g/mol. The Morgan fingerprint density at radius 2 is 1.86 bits per heavy atom. The second-order valence-electron chi connectivity index (χ2n) is 8.93. The average molecular weight is 488 g/mol. The van der Waals surface area contributed by atoms with Gasteiger partial charge in [-0.2, -0.15) is 0 Å². The van der Waals surface area contributed by atoms with E-state index in [4.69, 9.17) is 4.42 Å². The molecule has 190 valence electrons. The molecule has 5 nitrogen and oxygen atoms in total. The predicted octanol–water partition coefficient (Wildman–Crippen LogP) is 6.29. The van der Waals surface area contributed by atoms with E-state index in [1.807, 2.05) is 31.2 Å². The Hall–Kier alpha value is -3.60. The minimum Gasteiger partial charge on any atom is -0.478 e. The number of nitrogens with zero attached hydrogens (tertiary/aromatic N) is 2. The summed E-state index contributed by atoms with van der Waals surface area (Å²) in [4.78, 5) is 14.7. The van der Waals surface area contributed by atoms with Crippen LogP contribution in [0.5, 0.6) is 0 Å². The molecular weight excluding hydrogens is 448 g/mol. The van der Waals surface area contributed by atoms with Crippen molar-refractivity contribution >= 4 is 23.7 Å². The van der Waals surface area contributed by atoms with E-state index < -0.39 is 5.97 Å². The summed E-state index contributed by atoms with van der Waals surface area (Å²) in [6.45, 7) is 20.2. The molecule has 0 bridgehead atoms. The summed E-state index contributed by atoms with van der Waals surface area (Å²) < 4.78 is 8.82. The van der Waals surface area contributed by atoms with Crippen molar-refractivity contribution in [3.63, 3.8) is 0 Å². The molecule has 0 saturated heterocycles. The van der Waals surface area contributed by atoms with Gasteiger partial charge in [-0.05, 0) is 65.7 Å². The summed E-state index contributed by atoms with van der Waals surface area (Å²) in [7, 11) is 0. The molecule has 0 aromatic heterocycles. The van der Waals surface area contributed by atoms with Gasteiger partial charge >= 0.3 is 5.97 Å². The van der Waals surface area contributed by atoms with Crippen molar-refractivity contribution in [2.45, 2.75) is 48.0 Å². The Morgan fingerprint density at radius 1 is 1.17 bits per heavy atom. The van der Waals surface area contributed by atoms with E-state index in [1.165, 1.54) is 0 Å². The molecule has 1 aliphatic heterocycles. The van der Waals surface area contributed by atoms with Gasteiger partial charge in [-0.1, -0.05) is 30.4 Å². The number of rotatable bonds is 9. The fraction of sp³-hybridized carbons (Fsp3) is 0.355. The van der Waals surface area contributed by atoms with Crippen LogP contribution in [-0.2, 0) is 4.79 Å². The molecule has 0 spiro atoms. The second-order valence-corrected chi connectivity index (χ2v) is 8.93. The summed E-state index contributed by atoms with van der Waals surface area (Å²) in [5.74, 6) is 0.447. The molecule has 0 atom stereocenters. The molecule has 0 aromatic carbocycles. The Balaban J connectivity index is 2.47. The van der Waals surface area contributed by atoms with E-state index in [0.717, 1.165) is 65.3 Å². The molecule has 0 fully saturated rings. The molecule has 0 aromatic rings. The topological polar surface area (TPSA) is 56.7 Å². The number of allylic oxidation sites excluding steroid dienone is 5. The lowest BCUT2D eigenvalue weighted by Gasteiger charge is -2.23. The van der Waals surface area contributed by atoms with Crippen LogP contribution in [0.25, 0.3) is 29.0 Å². The third kappa shape index (κ3) is 5.46. The maximum absolute atomic E-state index is 12.4. The van der Waals surface area contributed by atoms with Gasteiger partial charge in [-0.15, -0.1) is 0 Å². The zero-order chi connectivity index (χ0) is 26.4. The van der Waals surface area contributed by atoms with Gasteiger partial charge in [0, 0.05) is 47.6 Å². The Labute approximate surface area is 215 Å². The minimum atomic E-state index is -0.948. The molecule has 1 heterocycles. The van der Waals surface area contributed by atoms with Crippen molar-refractivity contribution in [3.8, 4) is 11.3 Å². The number of benzene rings is 1. The van der Waals surface area contributed by atoms with Crippen LogP contribution in [0.4, 0.5) is 0 Å². The summed E-state index contributed by atoms with van der Waals surface area (Å²) in [5, 5.41) is 11.2. The van der Waals surface area contributed by atoms with Crippen molar-refractivity contribution in [3.05, 3.63) is 82.1 Å². The molecule has 3 rings (SSSR count). The van der Waals surface area contributed by atoms with Crippen molar-refractivity contribution in [2.75, 3.05) is 26.2 Å². The fourth-order valence-corrected chi connectivity index (χ4v) is 4.88. The van der Waals surface area contributed by atoms with Gasteiger partial charge in [-0.25, -0.2) is 9.37 Å². The molecule has 2 aliphatic carbocycles. The van der Waals surface area contributed by atoms with E-state index in [9.17, 15) is 9.90 Å². The van der Waals surface area contributed by atoms with Crippen LogP contribution in [0.1, 0.15) is 64.9 Å². The summed E-state index contributed by atoms with van der Waals surface area (Å²) >= 11 is 0. The highest BCUT2D eigenvalue weighted by molar-refractivity contribution is 6.09. The van der Waals surface area contributed by atoms with E-state index >= 15 is 0 Å². The van der Waals surface area contributed by atoms with Crippen LogP contribution in [-0.4, -0.2) is 42.2 Å². The zero-order valence-electron chi connectivity index (χ0n) is 22.5. The molecule has 0 saturated carbocycles. The highest BCUT2D eigenvalue weighted by atomic mass is 16.4. The lowest BCUT2D eigenvalue weighted by molar-refractivity contribution is -0.132. The minimum absolute atomic E-state index is 0.278. The third-order valence-corrected chi connectivity index (χ3v) is 6.85. The predicted molar refractivity (Wildman–Crippen MR) is 150 cm³/mol. The second kappa shape index (κ2) is 11.9. The van der Waals surface area contributed by atoms with Gasteiger partial charge < -0.3 is 14.4 Å². The first kappa shape index (κ1) is 27.0. The van der Waals surface area contributed by atoms with E-state index in [2.05, 4.69) is 62.8 Å². The van der Waals surface area contributed by atoms with Gasteiger partial charge in [0.1, 0.15) is 24.6 Å². The lowest BCUT2D eigenvalue weighted by Crippen LogP contribution is -2.29. The van der Waals surface area contributed by atoms with Gasteiger partial charge in [0.15, 0.2) is 0 Å². The molecule has 3 aliphatic rings. The first-order chi connectivity index (χ1) is 17.3. The normalized spacial score (nSPS) is 14.1. The first-order valence-corrected chi connectivity index (χ1v) is 12.9. The van der Waals surface area contributed by atoms with Gasteiger partial charge in [0.2, 0.25) is 5.36 Å². The van der Waals surface area contributed by atoms with Crippen molar-refractivity contribution in [1.29, 1.82) is 0 Å². The molecule has 0 amide bonds. The summed E-state index contributed by atoms with van der Waals surface area (Å²) in [5.41, 5.74) is 5.49. The van der Waals surface area contributed by atoms with Gasteiger partial charge in [0.25, 0.3) is 0 Å². The molecule has 0 radical (unpaired) electrons. The maximum Gasteiger partial charge on any atom is 0.336 e. The number of hydrogen-bond donors (Lipinski definition) is 1. The largest absolute Gasteiger partial charge is 0.478 e. The van der Waals surface area contributed by atoms with Crippen molar-refractivity contribution < 1.29 is 14.3 Å². The van der Waals surface area contributed by atoms with Crippen LogP contribution in [0.15, 0.2) is 64.3 Å². The Bertz CT molecular complexity index is 1310. The molecular formula is C31H39N2O3+. The molecule has 1 N–H and O–H groups in total. The average Bonchev–Trinajstić information content (AvgIpc) is 3.06. The smallest absolute Gasteiger partial charge is 0.336 e. The number of hydrogen-bond acceptors (Lipinski definition) is 3. The quantitative estimate of drug-likeness (QED) is 0.423. The van der Waals surface area contributed by atoms with Crippen LogP contribution >= 0.6 is 0 Å². The lowest BCUT2D eigenvalue weighted by atomic mass is 9.87. The van der Waals surface area contributed by atoms with Crippen LogP contribution in [0.2, 0.25) is 0 Å². The third-order valence-electron chi connectivity index (χ3n) is 6.85. The van der Waals surface area contributed by atoms with Crippen LogP contribution in [0, 0.1) is 0 Å². The van der Waals surface area contributed by atoms with Crippen molar-refractivity contribution in [2.24, 2.45) is 0 Å². The highest BCUT2D eigenvalue weighted by Crippen LogP contribution is 2.41. The van der Waals surface area contributed by atoms with E-state index in [-0.39, 0.29) is 5.57 Å². The summed E-state index contributed by atoms with van der Waals surface area (Å²) in [6.07, 6.45) is 10.3. The number of aliphatic carboxylic acids is 1. The number of carbonyl (C=O) groups is 1. The number of carboxylic acid groups (broad SMARTS) is 1. The summed E-state index contributed by atoms with van der Waals surface area (Å²) in [6, 6.07) is 6.20. The van der Waals surface area contributed by atoms with Gasteiger partial charge in [-0.3, -0.25) is 0 Å². The first-order valence-electron chi connectivity index (χ1n) is 12.9. The number of fused-ring (bicyclic) bond motifs is 1. The SMILES string of the molecule is C=Cc1c(/C=C(\C)N(CC)CC)oc2cc(=[N+](CC)CC)ccc-2c1C1=CCC=C(C)C=C1C(=O)O. The van der Waals surface area contributed by atoms with Crippen LogP contribution < -0.4 is 9.93 Å². The van der Waals surface area contributed by atoms with E-state index in [0.29, 0.717) is 17.8 Å². The Morgan fingerprint density at radius 3 is 2.44 bits per heavy atom. The molecule has 36 heavy (non-hydrogen) atoms. The number of carboxylic acids is 1. The Kier molecular flexibility index (Phi) is 8.92.